The average Bonchev–Trinajstić information content (AvgIpc) is 3.33. The number of carbonyl (C=O) groups is 2. The highest BCUT2D eigenvalue weighted by Crippen LogP contribution is 2.36. The molecule has 0 fully saturated rings. The smallest absolute Gasteiger partial charge is 0.416 e. The molecular formula is C32H36ClF3N2O5. The lowest BCUT2D eigenvalue weighted by atomic mass is 10.1. The standard InChI is InChI=1S/C26H21ClF3NO5.C6H15N/c1-2-34-24(32)15-36-23-11-6-16(12-21(23)27)14-35-22-5-3-4-19-20(22)13-31(25(19)33)18-9-7-17(8-10-18)26(28,29)30;1-4-7(5-2)6-3/h3-12H,2,13-15H2,1H3;4-6H2,1-3H3. The predicted molar refractivity (Wildman–Crippen MR) is 160 cm³/mol. The SMILES string of the molecule is CCN(CC)CC.CCOC(=O)COc1ccc(COc2cccc3c2CN(c2ccc(C(F)(F)F)cc2)C3=O)cc1Cl. The lowest BCUT2D eigenvalue weighted by Gasteiger charge is -2.17. The molecule has 3 aromatic carbocycles. The molecule has 43 heavy (non-hydrogen) atoms. The first-order valence-corrected chi connectivity index (χ1v) is 14.4. The summed E-state index contributed by atoms with van der Waals surface area (Å²) in [7, 11) is 0. The highest BCUT2D eigenvalue weighted by molar-refractivity contribution is 6.32. The topological polar surface area (TPSA) is 68.3 Å². The number of halogens is 4. The van der Waals surface area contributed by atoms with E-state index in [-0.39, 0.29) is 32.3 Å². The largest absolute Gasteiger partial charge is 0.489 e. The van der Waals surface area contributed by atoms with Crippen molar-refractivity contribution >= 4 is 29.2 Å². The molecule has 1 aliphatic heterocycles. The summed E-state index contributed by atoms with van der Waals surface area (Å²) in [6.45, 7) is 12.1. The zero-order valence-corrected chi connectivity index (χ0v) is 25.4. The third-order valence-corrected chi connectivity index (χ3v) is 7.11. The summed E-state index contributed by atoms with van der Waals surface area (Å²) in [5.41, 5.74) is 1.37. The van der Waals surface area contributed by atoms with E-state index in [4.69, 9.17) is 25.8 Å². The number of carbonyl (C=O) groups excluding carboxylic acids is 2. The number of hydrogen-bond acceptors (Lipinski definition) is 6. The molecular weight excluding hydrogens is 585 g/mol. The Morgan fingerprint density at radius 3 is 2.16 bits per heavy atom. The first-order valence-electron chi connectivity index (χ1n) is 14.0. The van der Waals surface area contributed by atoms with Crippen molar-refractivity contribution < 1.29 is 37.0 Å². The fourth-order valence-electron chi connectivity index (χ4n) is 4.40. The van der Waals surface area contributed by atoms with Gasteiger partial charge in [-0.3, -0.25) is 4.79 Å². The van der Waals surface area contributed by atoms with Gasteiger partial charge in [-0.15, -0.1) is 0 Å². The number of anilines is 1. The number of benzene rings is 3. The Morgan fingerprint density at radius 2 is 1.60 bits per heavy atom. The van der Waals surface area contributed by atoms with Gasteiger partial charge in [0.1, 0.15) is 18.1 Å². The fraction of sp³-hybridized carbons (Fsp3) is 0.375. The summed E-state index contributed by atoms with van der Waals surface area (Å²) in [5.74, 6) is -0.0129. The van der Waals surface area contributed by atoms with E-state index in [0.717, 1.165) is 17.7 Å². The summed E-state index contributed by atoms with van der Waals surface area (Å²) in [5, 5.41) is 0.294. The quantitative estimate of drug-likeness (QED) is 0.208. The molecule has 0 unspecified atom stereocenters. The lowest BCUT2D eigenvalue weighted by Crippen LogP contribution is -2.23. The first-order chi connectivity index (χ1) is 20.5. The van der Waals surface area contributed by atoms with E-state index in [1.165, 1.54) is 36.7 Å². The third-order valence-electron chi connectivity index (χ3n) is 6.81. The molecule has 3 aromatic rings. The van der Waals surface area contributed by atoms with E-state index >= 15 is 0 Å². The predicted octanol–water partition coefficient (Wildman–Crippen LogP) is 7.39. The molecule has 0 spiro atoms. The number of fused-ring (bicyclic) bond motifs is 1. The number of esters is 1. The number of ether oxygens (including phenoxy) is 3. The summed E-state index contributed by atoms with van der Waals surface area (Å²) in [6.07, 6.45) is -4.45. The maximum absolute atomic E-state index is 12.9. The number of rotatable bonds is 11. The monoisotopic (exact) mass is 620 g/mol. The molecule has 11 heteroatoms. The van der Waals surface area contributed by atoms with E-state index in [2.05, 4.69) is 25.7 Å². The fourth-order valence-corrected chi connectivity index (χ4v) is 4.66. The van der Waals surface area contributed by atoms with E-state index < -0.39 is 17.7 Å². The lowest BCUT2D eigenvalue weighted by molar-refractivity contribution is -0.145. The molecule has 1 amide bonds. The number of nitrogens with zero attached hydrogens (tertiary/aromatic N) is 2. The van der Waals surface area contributed by atoms with E-state index in [1.807, 2.05) is 0 Å². The van der Waals surface area contributed by atoms with Crippen LogP contribution in [0.2, 0.25) is 5.02 Å². The summed E-state index contributed by atoms with van der Waals surface area (Å²) < 4.78 is 54.8. The van der Waals surface area contributed by atoms with Crippen molar-refractivity contribution in [2.75, 3.05) is 37.7 Å². The Bertz CT molecular complexity index is 1370. The second-order valence-corrected chi connectivity index (χ2v) is 9.89. The molecule has 1 aliphatic rings. The van der Waals surface area contributed by atoms with Crippen LogP contribution in [0.15, 0.2) is 60.7 Å². The van der Waals surface area contributed by atoms with E-state index in [1.54, 1.807) is 43.3 Å². The van der Waals surface area contributed by atoms with Crippen LogP contribution >= 0.6 is 11.6 Å². The number of amides is 1. The van der Waals surface area contributed by atoms with Gasteiger partial charge in [0.05, 0.1) is 23.7 Å². The maximum Gasteiger partial charge on any atom is 0.416 e. The van der Waals surface area contributed by atoms with Gasteiger partial charge >= 0.3 is 12.1 Å². The highest BCUT2D eigenvalue weighted by Gasteiger charge is 2.33. The third kappa shape index (κ3) is 9.11. The van der Waals surface area contributed by atoms with Crippen LogP contribution in [0.4, 0.5) is 18.9 Å². The van der Waals surface area contributed by atoms with Crippen molar-refractivity contribution in [3.05, 3.63) is 87.9 Å². The second-order valence-electron chi connectivity index (χ2n) is 9.48. The molecule has 4 rings (SSSR count). The Labute approximate surface area is 255 Å². The molecule has 0 bridgehead atoms. The maximum atomic E-state index is 12.9. The van der Waals surface area contributed by atoms with E-state index in [9.17, 15) is 22.8 Å². The summed E-state index contributed by atoms with van der Waals surface area (Å²) in [4.78, 5) is 28.2. The van der Waals surface area contributed by atoms with Crippen molar-refractivity contribution in [3.8, 4) is 11.5 Å². The van der Waals surface area contributed by atoms with Gasteiger partial charge in [-0.25, -0.2) is 4.79 Å². The van der Waals surface area contributed by atoms with Gasteiger partial charge in [0.25, 0.3) is 5.91 Å². The number of alkyl halides is 3. The van der Waals surface area contributed by atoms with Crippen molar-refractivity contribution in [2.24, 2.45) is 0 Å². The van der Waals surface area contributed by atoms with Crippen molar-refractivity contribution in [2.45, 2.75) is 47.0 Å². The summed E-state index contributed by atoms with van der Waals surface area (Å²) in [6, 6.07) is 14.5. The van der Waals surface area contributed by atoms with Crippen LogP contribution in [-0.4, -0.2) is 49.6 Å². The van der Waals surface area contributed by atoms with Crippen LogP contribution in [0, 0.1) is 0 Å². The van der Waals surface area contributed by atoms with Gasteiger partial charge in [0, 0.05) is 16.8 Å². The molecule has 0 saturated heterocycles. The van der Waals surface area contributed by atoms with Gasteiger partial charge in [-0.05, 0) is 80.7 Å². The second kappa shape index (κ2) is 15.6. The van der Waals surface area contributed by atoms with Crippen molar-refractivity contribution in [1.29, 1.82) is 0 Å². The number of hydrogen-bond donors (Lipinski definition) is 0. The molecule has 0 radical (unpaired) electrons. The Morgan fingerprint density at radius 1 is 0.930 bits per heavy atom. The van der Waals surface area contributed by atoms with Crippen LogP contribution < -0.4 is 14.4 Å². The molecule has 0 aliphatic carbocycles. The molecule has 232 valence electrons. The highest BCUT2D eigenvalue weighted by atomic mass is 35.5. The Kier molecular flexibility index (Phi) is 12.3. The molecule has 0 saturated carbocycles. The molecule has 1 heterocycles. The van der Waals surface area contributed by atoms with Crippen LogP contribution in [0.1, 0.15) is 54.7 Å². The van der Waals surface area contributed by atoms with Gasteiger partial charge in [0.2, 0.25) is 0 Å². The molecule has 7 nitrogen and oxygen atoms in total. The van der Waals surface area contributed by atoms with Crippen molar-refractivity contribution in [1.82, 2.24) is 4.90 Å². The van der Waals surface area contributed by atoms with E-state index in [0.29, 0.717) is 33.3 Å². The molecule has 0 atom stereocenters. The van der Waals surface area contributed by atoms with Crippen LogP contribution in [0.5, 0.6) is 11.5 Å². The van der Waals surface area contributed by atoms with Gasteiger partial charge in [0.15, 0.2) is 6.61 Å². The van der Waals surface area contributed by atoms with Gasteiger partial charge in [-0.1, -0.05) is 44.5 Å². The zero-order chi connectivity index (χ0) is 31.6. The van der Waals surface area contributed by atoms with Gasteiger partial charge in [-0.2, -0.15) is 13.2 Å². The van der Waals surface area contributed by atoms with Crippen LogP contribution in [-0.2, 0) is 28.9 Å². The minimum absolute atomic E-state index is 0.142. The van der Waals surface area contributed by atoms with Gasteiger partial charge < -0.3 is 24.0 Å². The summed E-state index contributed by atoms with van der Waals surface area (Å²) >= 11 is 6.26. The average molecular weight is 621 g/mol. The van der Waals surface area contributed by atoms with Crippen molar-refractivity contribution in [3.63, 3.8) is 0 Å². The Hall–Kier alpha value is -3.76. The molecule has 0 N–H and O–H groups in total. The normalized spacial score (nSPS) is 12.5. The Balaban J connectivity index is 0.000000646. The zero-order valence-electron chi connectivity index (χ0n) is 24.7. The minimum atomic E-state index is -4.45. The first kappa shape index (κ1) is 33.7. The molecule has 0 aromatic heterocycles. The van der Waals surface area contributed by atoms with Crippen LogP contribution in [0.3, 0.4) is 0 Å². The van der Waals surface area contributed by atoms with Crippen LogP contribution in [0.25, 0.3) is 0 Å². The minimum Gasteiger partial charge on any atom is -0.489 e.